The van der Waals surface area contributed by atoms with Crippen LogP contribution in [0.3, 0.4) is 0 Å². The Labute approximate surface area is 368 Å². The van der Waals surface area contributed by atoms with Crippen molar-refractivity contribution in [3.05, 3.63) is 173 Å². The number of hydrogen-bond acceptors (Lipinski definition) is 16. The maximum atomic E-state index is 14.3. The second-order valence-corrected chi connectivity index (χ2v) is 16.2. The SMILES string of the molecule is N#Cc1cc2c(cc1C#N)C(=O)C(=Cc1nc3c(C(=O)OCc4ccccc4)c4sc(C=C5C(=O)c6cc(C#N)c(C#N)cc6C5=O)nc4c(C(=O)OCc4ccccc4)c3s1)C2=O. The Kier molecular flexibility index (Phi) is 10.1. The molecule has 14 nitrogen and oxygen atoms in total. The molecule has 2 aliphatic carbocycles. The molecular formula is C48H20N6O8S2. The Bertz CT molecular complexity index is 3160. The molecule has 2 heterocycles. The average molecular weight is 873 g/mol. The first-order valence-electron chi connectivity index (χ1n) is 18.8. The first-order chi connectivity index (χ1) is 31.0. The number of carbonyl (C=O) groups excluding carboxylic acids is 6. The fourth-order valence-electron chi connectivity index (χ4n) is 7.28. The van der Waals surface area contributed by atoms with Crippen LogP contribution < -0.4 is 0 Å². The third-order valence-electron chi connectivity index (χ3n) is 10.3. The van der Waals surface area contributed by atoms with E-state index >= 15 is 0 Å². The number of aromatic nitrogens is 2. The van der Waals surface area contributed by atoms with E-state index in [1.165, 1.54) is 36.4 Å². The lowest BCUT2D eigenvalue weighted by molar-refractivity contribution is 0.0465. The highest BCUT2D eigenvalue weighted by atomic mass is 32.1. The molecule has 0 unspecified atom stereocenters. The van der Waals surface area contributed by atoms with Crippen molar-refractivity contribution in [3.63, 3.8) is 0 Å². The van der Waals surface area contributed by atoms with Gasteiger partial charge in [0.2, 0.25) is 0 Å². The van der Waals surface area contributed by atoms with Crippen LogP contribution in [0.1, 0.15) is 106 Å². The molecule has 0 aliphatic heterocycles. The molecule has 0 fully saturated rings. The number of carbonyl (C=O) groups is 6. The molecular weight excluding hydrogens is 853 g/mol. The van der Waals surface area contributed by atoms with Crippen LogP contribution in [-0.2, 0) is 22.7 Å². The summed E-state index contributed by atoms with van der Waals surface area (Å²) >= 11 is 1.69. The normalized spacial score (nSPS) is 12.6. The molecule has 0 N–H and O–H groups in total. The number of ketones is 4. The maximum absolute atomic E-state index is 14.3. The quantitative estimate of drug-likeness (QED) is 0.0797. The van der Waals surface area contributed by atoms with Gasteiger partial charge in [-0.25, -0.2) is 19.6 Å². The number of ether oxygens (including phenoxy) is 2. The van der Waals surface area contributed by atoms with E-state index in [0.717, 1.165) is 22.7 Å². The smallest absolute Gasteiger partial charge is 0.342 e. The summed E-state index contributed by atoms with van der Waals surface area (Å²) in [7, 11) is 0. The molecule has 9 rings (SSSR count). The van der Waals surface area contributed by atoms with E-state index in [1.54, 1.807) is 60.7 Å². The van der Waals surface area contributed by atoms with Gasteiger partial charge in [-0.2, -0.15) is 21.0 Å². The summed E-state index contributed by atoms with van der Waals surface area (Å²) < 4.78 is 11.7. The monoisotopic (exact) mass is 872 g/mol. The van der Waals surface area contributed by atoms with Gasteiger partial charge in [0.25, 0.3) is 0 Å². The van der Waals surface area contributed by atoms with Crippen molar-refractivity contribution in [2.24, 2.45) is 0 Å². The first-order valence-corrected chi connectivity index (χ1v) is 20.4. The zero-order valence-corrected chi connectivity index (χ0v) is 34.1. The molecule has 64 heavy (non-hydrogen) atoms. The maximum Gasteiger partial charge on any atom is 0.342 e. The van der Waals surface area contributed by atoms with Crippen LogP contribution in [0.4, 0.5) is 0 Å². The van der Waals surface area contributed by atoms with Crippen LogP contribution in [0.5, 0.6) is 0 Å². The molecule has 2 aliphatic rings. The van der Waals surface area contributed by atoms with Crippen LogP contribution in [0, 0.1) is 45.3 Å². The van der Waals surface area contributed by atoms with Crippen LogP contribution >= 0.6 is 22.7 Å². The number of rotatable bonds is 8. The average Bonchev–Trinajstić information content (AvgIpc) is 4.05. The van der Waals surface area contributed by atoms with Gasteiger partial charge in [0.1, 0.15) is 58.6 Å². The predicted octanol–water partition coefficient (Wildman–Crippen LogP) is 8.03. The second kappa shape index (κ2) is 16.1. The number of fused-ring (bicyclic) bond motifs is 4. The lowest BCUT2D eigenvalue weighted by Crippen LogP contribution is -2.10. The number of nitriles is 4. The molecule has 2 aromatic heterocycles. The second-order valence-electron chi connectivity index (χ2n) is 14.1. The molecule has 0 spiro atoms. The number of Topliss-reactive ketones (excluding diaryl/α,β-unsaturated/α-hetero) is 4. The Morgan fingerprint density at radius 3 is 1.12 bits per heavy atom. The Hall–Kier alpha value is -9.06. The minimum atomic E-state index is -0.891. The van der Waals surface area contributed by atoms with Crippen LogP contribution in [0.2, 0.25) is 0 Å². The van der Waals surface area contributed by atoms with Gasteiger partial charge in [0, 0.05) is 22.3 Å². The van der Waals surface area contributed by atoms with Gasteiger partial charge in [-0.3, -0.25) is 19.2 Å². The highest BCUT2D eigenvalue weighted by Crippen LogP contribution is 2.42. The minimum Gasteiger partial charge on any atom is -0.457 e. The van der Waals surface area contributed by atoms with Crippen molar-refractivity contribution < 1.29 is 38.2 Å². The fourth-order valence-corrected chi connectivity index (χ4v) is 9.37. The lowest BCUT2D eigenvalue weighted by Gasteiger charge is -2.10. The summed E-state index contributed by atoms with van der Waals surface area (Å²) in [5.74, 6) is -4.68. The highest BCUT2D eigenvalue weighted by Gasteiger charge is 2.37. The van der Waals surface area contributed by atoms with Crippen molar-refractivity contribution >= 4 is 90.3 Å². The zero-order chi connectivity index (χ0) is 44.8. The van der Waals surface area contributed by atoms with Gasteiger partial charge in [0.15, 0.2) is 23.1 Å². The van der Waals surface area contributed by atoms with Crippen molar-refractivity contribution in [3.8, 4) is 24.3 Å². The molecule has 0 saturated carbocycles. The van der Waals surface area contributed by atoms with Crippen molar-refractivity contribution in [2.45, 2.75) is 13.2 Å². The molecule has 0 radical (unpaired) electrons. The van der Waals surface area contributed by atoms with Crippen LogP contribution in [0.15, 0.2) is 96.1 Å². The summed E-state index contributed by atoms with van der Waals surface area (Å²) in [4.78, 5) is 92.7. The molecule has 16 heteroatoms. The number of hydrogen-bond donors (Lipinski definition) is 0. The first kappa shape index (κ1) is 40.4. The van der Waals surface area contributed by atoms with E-state index in [9.17, 15) is 49.8 Å². The third kappa shape index (κ3) is 6.80. The van der Waals surface area contributed by atoms with Crippen LogP contribution in [-0.4, -0.2) is 45.0 Å². The van der Waals surface area contributed by atoms with Gasteiger partial charge in [-0.1, -0.05) is 60.7 Å². The topological polar surface area (TPSA) is 242 Å². The van der Waals surface area contributed by atoms with E-state index in [-0.39, 0.29) is 110 Å². The molecule has 0 saturated heterocycles. The number of allylic oxidation sites excluding steroid dienone is 2. The molecule has 0 amide bonds. The summed E-state index contributed by atoms with van der Waals surface area (Å²) in [5.41, 5.74) is -0.470. The molecule has 302 valence electrons. The van der Waals surface area contributed by atoms with E-state index in [0.29, 0.717) is 11.1 Å². The summed E-state index contributed by atoms with van der Waals surface area (Å²) in [6, 6.07) is 29.7. The Morgan fingerprint density at radius 1 is 0.516 bits per heavy atom. The van der Waals surface area contributed by atoms with E-state index in [1.807, 2.05) is 24.3 Å². The fraction of sp³-hybridized carbons (Fsp3) is 0.0417. The third-order valence-corrected chi connectivity index (χ3v) is 12.4. The van der Waals surface area contributed by atoms with Gasteiger partial charge < -0.3 is 9.47 Å². The summed E-state index contributed by atoms with van der Waals surface area (Å²) in [5, 5.41) is 38.3. The van der Waals surface area contributed by atoms with Gasteiger partial charge in [0.05, 0.1) is 53.8 Å². The highest BCUT2D eigenvalue weighted by molar-refractivity contribution is 7.21. The zero-order valence-electron chi connectivity index (χ0n) is 32.4. The van der Waals surface area contributed by atoms with Crippen molar-refractivity contribution in [2.75, 3.05) is 0 Å². The van der Waals surface area contributed by atoms with Crippen LogP contribution in [0.25, 0.3) is 32.6 Å². The van der Waals surface area contributed by atoms with Gasteiger partial charge >= 0.3 is 11.9 Å². The number of thiazole rings is 2. The Balaban J connectivity index is 1.23. The molecule has 0 bridgehead atoms. The predicted molar refractivity (Wildman–Crippen MR) is 229 cm³/mol. The number of esters is 2. The van der Waals surface area contributed by atoms with E-state index < -0.39 is 35.1 Å². The molecule has 0 atom stereocenters. The largest absolute Gasteiger partial charge is 0.457 e. The molecule has 5 aromatic carbocycles. The van der Waals surface area contributed by atoms with E-state index in [2.05, 4.69) is 9.97 Å². The van der Waals surface area contributed by atoms with E-state index in [4.69, 9.17) is 9.47 Å². The number of nitrogens with zero attached hydrogens (tertiary/aromatic N) is 6. The Morgan fingerprint density at radius 2 is 0.828 bits per heavy atom. The minimum absolute atomic E-state index is 0.0168. The van der Waals surface area contributed by atoms with Crippen molar-refractivity contribution in [1.29, 1.82) is 21.0 Å². The van der Waals surface area contributed by atoms with Gasteiger partial charge in [-0.05, 0) is 47.5 Å². The van der Waals surface area contributed by atoms with Gasteiger partial charge in [-0.15, -0.1) is 22.7 Å². The summed E-state index contributed by atoms with van der Waals surface area (Å²) in [6.07, 6.45) is 2.40. The number of benzene rings is 5. The summed E-state index contributed by atoms with van der Waals surface area (Å²) in [6.45, 7) is -0.346. The standard InChI is InChI=1S/C48H20N6O8S2/c49-17-25-11-29-30(12-26(25)18-50)42(56)33(41(29)55)15-35-53-39-37(47(59)61-21-23-7-3-1-4-8-23)45-40(38(46(39)64-35)48(60)62-22-24-9-5-2-6-10-24)54-36(63-45)16-34-43(57)31-13-27(19-51)28(20-52)14-32(31)44(34)58/h1-16H,21-22H2. The molecule has 7 aromatic rings. The van der Waals surface area contributed by atoms with Crippen molar-refractivity contribution in [1.82, 2.24) is 9.97 Å². The lowest BCUT2D eigenvalue weighted by atomic mass is 10.0.